The van der Waals surface area contributed by atoms with Crippen molar-refractivity contribution in [1.82, 2.24) is 15.5 Å². The molecule has 0 fully saturated rings. The molecular formula is C16H21N3O4S. The minimum atomic E-state index is -3.53. The van der Waals surface area contributed by atoms with Crippen LogP contribution in [0.1, 0.15) is 37.5 Å². The summed E-state index contributed by atoms with van der Waals surface area (Å²) in [5.41, 5.74) is 0.982. The minimum absolute atomic E-state index is 0.0652. The van der Waals surface area contributed by atoms with Gasteiger partial charge in [0.05, 0.1) is 4.90 Å². The molecule has 8 heteroatoms. The van der Waals surface area contributed by atoms with E-state index < -0.39 is 9.84 Å². The van der Waals surface area contributed by atoms with Gasteiger partial charge in [0.25, 0.3) is 0 Å². The predicted octanol–water partition coefficient (Wildman–Crippen LogP) is 1.81. The van der Waals surface area contributed by atoms with E-state index in [1.54, 1.807) is 24.3 Å². The molecule has 130 valence electrons. The number of benzene rings is 1. The van der Waals surface area contributed by atoms with Gasteiger partial charge in [0, 0.05) is 18.9 Å². The molecule has 1 aromatic heterocycles. The van der Waals surface area contributed by atoms with Crippen LogP contribution in [0.15, 0.2) is 33.7 Å². The van der Waals surface area contributed by atoms with Crippen LogP contribution in [-0.4, -0.2) is 30.5 Å². The van der Waals surface area contributed by atoms with Crippen molar-refractivity contribution in [1.29, 1.82) is 0 Å². The highest BCUT2D eigenvalue weighted by molar-refractivity contribution is 7.90. The van der Waals surface area contributed by atoms with Gasteiger partial charge in [-0.05, 0) is 32.9 Å². The van der Waals surface area contributed by atoms with Crippen LogP contribution in [0.2, 0.25) is 0 Å². The van der Waals surface area contributed by atoms with E-state index in [4.69, 9.17) is 4.52 Å². The maximum absolute atomic E-state index is 12.3. The Labute approximate surface area is 141 Å². The summed E-state index contributed by atoms with van der Waals surface area (Å²) in [4.78, 5) is 15.8. The van der Waals surface area contributed by atoms with Gasteiger partial charge in [-0.15, -0.1) is 0 Å². The zero-order valence-corrected chi connectivity index (χ0v) is 14.8. The molecule has 0 atom stereocenters. The van der Waals surface area contributed by atoms with Crippen molar-refractivity contribution in [3.8, 4) is 0 Å². The van der Waals surface area contributed by atoms with E-state index in [9.17, 15) is 13.2 Å². The summed E-state index contributed by atoms with van der Waals surface area (Å²) >= 11 is 0. The van der Waals surface area contributed by atoms with Gasteiger partial charge < -0.3 is 9.84 Å². The lowest BCUT2D eigenvalue weighted by Crippen LogP contribution is -2.30. The fourth-order valence-electron chi connectivity index (χ4n) is 2.06. The van der Waals surface area contributed by atoms with Gasteiger partial charge in [0.2, 0.25) is 11.8 Å². The normalized spacial score (nSPS) is 11.7. The van der Waals surface area contributed by atoms with Crippen LogP contribution in [0.5, 0.6) is 0 Å². The number of carbonyl (C=O) groups excluding carboxylic acids is 1. The van der Waals surface area contributed by atoms with Crippen LogP contribution < -0.4 is 5.32 Å². The van der Waals surface area contributed by atoms with Gasteiger partial charge in [0.15, 0.2) is 15.7 Å². The van der Waals surface area contributed by atoms with E-state index in [0.29, 0.717) is 0 Å². The fourth-order valence-corrected chi connectivity index (χ4v) is 3.24. The second-order valence-corrected chi connectivity index (χ2v) is 7.89. The zero-order chi connectivity index (χ0) is 17.7. The summed E-state index contributed by atoms with van der Waals surface area (Å²) in [6, 6.07) is 6.66. The lowest BCUT2D eigenvalue weighted by molar-refractivity contribution is -0.121. The van der Waals surface area contributed by atoms with Crippen LogP contribution in [0.3, 0.4) is 0 Å². The molecule has 0 saturated heterocycles. The monoisotopic (exact) mass is 351 g/mol. The maximum Gasteiger partial charge on any atom is 0.227 e. The fraction of sp³-hybridized carbons (Fsp3) is 0.438. The first-order chi connectivity index (χ1) is 11.3. The van der Waals surface area contributed by atoms with Crippen LogP contribution >= 0.6 is 0 Å². The molecule has 2 rings (SSSR count). The second-order valence-electron chi connectivity index (χ2n) is 5.90. The van der Waals surface area contributed by atoms with E-state index in [1.807, 2.05) is 20.8 Å². The van der Waals surface area contributed by atoms with Crippen LogP contribution in [0.25, 0.3) is 0 Å². The third kappa shape index (κ3) is 5.16. The molecule has 0 saturated carbocycles. The Morgan fingerprint density at radius 2 is 1.92 bits per heavy atom. The molecule has 0 aliphatic carbocycles. The van der Waals surface area contributed by atoms with Crippen molar-refractivity contribution in [2.24, 2.45) is 0 Å². The van der Waals surface area contributed by atoms with Crippen molar-refractivity contribution < 1.29 is 17.7 Å². The van der Waals surface area contributed by atoms with Gasteiger partial charge in [-0.25, -0.2) is 8.42 Å². The molecule has 1 amide bonds. The van der Waals surface area contributed by atoms with Gasteiger partial charge in [0.1, 0.15) is 5.75 Å². The summed E-state index contributed by atoms with van der Waals surface area (Å²) in [6.45, 7) is 5.63. The number of hydrogen-bond donors (Lipinski definition) is 1. The van der Waals surface area contributed by atoms with E-state index >= 15 is 0 Å². The molecule has 1 heterocycles. The number of hydrogen-bond acceptors (Lipinski definition) is 6. The summed E-state index contributed by atoms with van der Waals surface area (Å²) in [6.07, 6.45) is 0.487. The number of aromatic nitrogens is 2. The molecular weight excluding hydrogens is 330 g/mol. The number of amides is 1. The summed E-state index contributed by atoms with van der Waals surface area (Å²) in [5.74, 6) is -0.104. The third-order valence-corrected chi connectivity index (χ3v) is 4.85. The number of nitrogens with zero attached hydrogens (tertiary/aromatic N) is 2. The standard InChI is InChI=1S/C16H21N3O4S/c1-11(2)17-15(20)8-9-16-18-14(19-23-16)10-24(21,22)13-6-4-12(3)5-7-13/h4-7,11H,8-10H2,1-3H3,(H,17,20). The minimum Gasteiger partial charge on any atom is -0.354 e. The topological polar surface area (TPSA) is 102 Å². The summed E-state index contributed by atoms with van der Waals surface area (Å²) in [5, 5.41) is 6.45. The van der Waals surface area contributed by atoms with Crippen molar-refractivity contribution >= 4 is 15.7 Å². The van der Waals surface area contributed by atoms with Gasteiger partial charge >= 0.3 is 0 Å². The van der Waals surface area contributed by atoms with Crippen molar-refractivity contribution in [3.05, 3.63) is 41.5 Å². The first-order valence-corrected chi connectivity index (χ1v) is 9.32. The highest BCUT2D eigenvalue weighted by atomic mass is 32.2. The number of carbonyl (C=O) groups is 1. The number of rotatable bonds is 7. The molecule has 0 spiro atoms. The quantitative estimate of drug-likeness (QED) is 0.816. The van der Waals surface area contributed by atoms with E-state index in [0.717, 1.165) is 5.56 Å². The van der Waals surface area contributed by atoms with E-state index in [1.165, 1.54) is 0 Å². The van der Waals surface area contributed by atoms with Gasteiger partial charge in [-0.3, -0.25) is 4.79 Å². The number of aryl methyl sites for hydroxylation is 2. The van der Waals surface area contributed by atoms with Crippen LogP contribution in [0.4, 0.5) is 0 Å². The number of nitrogens with one attached hydrogen (secondary N) is 1. The second kappa shape index (κ2) is 7.57. The Kier molecular flexibility index (Phi) is 5.71. The average Bonchev–Trinajstić information content (AvgIpc) is 2.91. The Balaban J connectivity index is 1.98. The smallest absolute Gasteiger partial charge is 0.227 e. The largest absolute Gasteiger partial charge is 0.354 e. The Morgan fingerprint density at radius 3 is 2.54 bits per heavy atom. The van der Waals surface area contributed by atoms with Gasteiger partial charge in [-0.2, -0.15) is 4.98 Å². The zero-order valence-electron chi connectivity index (χ0n) is 13.9. The van der Waals surface area contributed by atoms with Gasteiger partial charge in [-0.1, -0.05) is 22.9 Å². The lowest BCUT2D eigenvalue weighted by atomic mass is 10.2. The molecule has 0 bridgehead atoms. The Bertz CT molecular complexity index is 795. The first kappa shape index (κ1) is 18.1. The molecule has 0 aliphatic rings. The lowest BCUT2D eigenvalue weighted by Gasteiger charge is -2.06. The molecule has 0 aliphatic heterocycles. The van der Waals surface area contributed by atoms with Crippen molar-refractivity contribution in [2.45, 2.75) is 50.3 Å². The highest BCUT2D eigenvalue weighted by Gasteiger charge is 2.19. The average molecular weight is 351 g/mol. The van der Waals surface area contributed by atoms with Crippen LogP contribution in [0, 0.1) is 6.92 Å². The van der Waals surface area contributed by atoms with Crippen LogP contribution in [-0.2, 0) is 26.8 Å². The molecule has 7 nitrogen and oxygen atoms in total. The van der Waals surface area contributed by atoms with Crippen molar-refractivity contribution in [3.63, 3.8) is 0 Å². The predicted molar refractivity (Wildman–Crippen MR) is 88.0 cm³/mol. The maximum atomic E-state index is 12.3. The van der Waals surface area contributed by atoms with E-state index in [2.05, 4.69) is 15.5 Å². The summed E-state index contributed by atoms with van der Waals surface area (Å²) < 4.78 is 29.7. The molecule has 1 N–H and O–H groups in total. The first-order valence-electron chi connectivity index (χ1n) is 7.66. The number of sulfone groups is 1. The molecule has 24 heavy (non-hydrogen) atoms. The Hall–Kier alpha value is -2.22. The molecule has 0 radical (unpaired) electrons. The SMILES string of the molecule is Cc1ccc(S(=O)(=O)Cc2noc(CCC(=O)NC(C)C)n2)cc1. The summed E-state index contributed by atoms with van der Waals surface area (Å²) in [7, 11) is -3.53. The molecule has 1 aromatic carbocycles. The third-order valence-electron chi connectivity index (χ3n) is 3.22. The Morgan fingerprint density at radius 1 is 1.25 bits per heavy atom. The molecule has 0 unspecified atom stereocenters. The highest BCUT2D eigenvalue weighted by Crippen LogP contribution is 2.16. The van der Waals surface area contributed by atoms with E-state index in [-0.39, 0.29) is 47.2 Å². The van der Waals surface area contributed by atoms with Crippen molar-refractivity contribution in [2.75, 3.05) is 0 Å². The molecule has 2 aromatic rings.